The first kappa shape index (κ1) is 13.0. The molecule has 5 nitrogen and oxygen atoms in total. The highest BCUT2D eigenvalue weighted by Crippen LogP contribution is 2.24. The van der Waals surface area contributed by atoms with E-state index in [2.05, 4.69) is 10.6 Å². The van der Waals surface area contributed by atoms with Gasteiger partial charge in [-0.1, -0.05) is 6.42 Å². The number of nitrogens with one attached hydrogen (secondary N) is 2. The maximum Gasteiger partial charge on any atom is 0.306 e. The van der Waals surface area contributed by atoms with E-state index in [1.807, 2.05) is 0 Å². The first-order valence-electron chi connectivity index (χ1n) is 5.80. The van der Waals surface area contributed by atoms with E-state index in [1.54, 1.807) is 7.05 Å². The SMILES string of the molecule is CNC(=O)CCNC1CCCC(C(=O)O)C1. The predicted octanol–water partition coefficient (Wildman–Crippen LogP) is 0.355. The van der Waals surface area contributed by atoms with Crippen LogP contribution in [0.2, 0.25) is 0 Å². The molecule has 0 bridgehead atoms. The largest absolute Gasteiger partial charge is 0.481 e. The quantitative estimate of drug-likeness (QED) is 0.634. The zero-order valence-corrected chi connectivity index (χ0v) is 9.66. The average molecular weight is 228 g/mol. The molecule has 0 heterocycles. The molecule has 1 aliphatic carbocycles. The van der Waals surface area contributed by atoms with E-state index in [1.165, 1.54) is 0 Å². The second-order valence-electron chi connectivity index (χ2n) is 4.28. The van der Waals surface area contributed by atoms with Crippen LogP contribution in [-0.2, 0) is 9.59 Å². The number of amides is 1. The van der Waals surface area contributed by atoms with Crippen LogP contribution in [0.15, 0.2) is 0 Å². The van der Waals surface area contributed by atoms with Crippen LogP contribution in [0, 0.1) is 5.92 Å². The van der Waals surface area contributed by atoms with Gasteiger partial charge in [-0.3, -0.25) is 9.59 Å². The van der Waals surface area contributed by atoms with Crippen molar-refractivity contribution >= 4 is 11.9 Å². The van der Waals surface area contributed by atoms with Crippen LogP contribution in [-0.4, -0.2) is 36.6 Å². The highest BCUT2D eigenvalue weighted by Gasteiger charge is 2.26. The van der Waals surface area contributed by atoms with Gasteiger partial charge in [-0.05, 0) is 19.3 Å². The summed E-state index contributed by atoms with van der Waals surface area (Å²) in [4.78, 5) is 21.8. The van der Waals surface area contributed by atoms with Crippen molar-refractivity contribution in [2.24, 2.45) is 5.92 Å². The van der Waals surface area contributed by atoms with Gasteiger partial charge in [-0.25, -0.2) is 0 Å². The molecule has 0 aromatic rings. The van der Waals surface area contributed by atoms with Crippen molar-refractivity contribution in [3.8, 4) is 0 Å². The molecule has 0 radical (unpaired) electrons. The lowest BCUT2D eigenvalue weighted by Crippen LogP contribution is -2.38. The van der Waals surface area contributed by atoms with Gasteiger partial charge < -0.3 is 15.7 Å². The van der Waals surface area contributed by atoms with Crippen molar-refractivity contribution in [3.05, 3.63) is 0 Å². The van der Waals surface area contributed by atoms with Crippen LogP contribution < -0.4 is 10.6 Å². The van der Waals surface area contributed by atoms with Crippen molar-refractivity contribution in [1.29, 1.82) is 0 Å². The smallest absolute Gasteiger partial charge is 0.306 e. The van der Waals surface area contributed by atoms with E-state index in [9.17, 15) is 9.59 Å². The summed E-state index contributed by atoms with van der Waals surface area (Å²) in [5, 5.41) is 14.7. The van der Waals surface area contributed by atoms with E-state index < -0.39 is 5.97 Å². The molecule has 1 rings (SSSR count). The Morgan fingerprint density at radius 2 is 2.12 bits per heavy atom. The van der Waals surface area contributed by atoms with Crippen LogP contribution in [0.3, 0.4) is 0 Å². The van der Waals surface area contributed by atoms with E-state index in [0.717, 1.165) is 19.3 Å². The Bertz CT molecular complexity index is 256. The fraction of sp³-hybridized carbons (Fsp3) is 0.818. The number of aliphatic carboxylic acids is 1. The highest BCUT2D eigenvalue weighted by atomic mass is 16.4. The van der Waals surface area contributed by atoms with Crippen molar-refractivity contribution in [2.75, 3.05) is 13.6 Å². The van der Waals surface area contributed by atoms with Gasteiger partial charge in [-0.2, -0.15) is 0 Å². The molecule has 1 aliphatic rings. The van der Waals surface area contributed by atoms with Crippen molar-refractivity contribution in [3.63, 3.8) is 0 Å². The Hall–Kier alpha value is -1.10. The molecule has 1 amide bonds. The van der Waals surface area contributed by atoms with Crippen LogP contribution in [0.1, 0.15) is 32.1 Å². The molecule has 5 heteroatoms. The Labute approximate surface area is 95.6 Å². The highest BCUT2D eigenvalue weighted by molar-refractivity contribution is 5.75. The molecule has 92 valence electrons. The summed E-state index contributed by atoms with van der Waals surface area (Å²) in [6, 6.07) is 0.250. The van der Waals surface area contributed by atoms with E-state index in [-0.39, 0.29) is 17.9 Å². The normalized spacial score (nSPS) is 25.1. The van der Waals surface area contributed by atoms with Gasteiger partial charge in [0, 0.05) is 26.1 Å². The average Bonchev–Trinajstić information content (AvgIpc) is 2.29. The predicted molar refractivity (Wildman–Crippen MR) is 60.1 cm³/mol. The molecule has 0 aromatic heterocycles. The van der Waals surface area contributed by atoms with Crippen LogP contribution in [0.4, 0.5) is 0 Å². The fourth-order valence-corrected chi connectivity index (χ4v) is 2.11. The summed E-state index contributed by atoms with van der Waals surface area (Å²) < 4.78 is 0. The van der Waals surface area contributed by atoms with Crippen molar-refractivity contribution in [2.45, 2.75) is 38.1 Å². The lowest BCUT2D eigenvalue weighted by atomic mass is 9.86. The standard InChI is InChI=1S/C11H20N2O3/c1-12-10(14)5-6-13-9-4-2-3-8(7-9)11(15)16/h8-9,13H,2-7H2,1H3,(H,12,14)(H,15,16). The van der Waals surface area contributed by atoms with Gasteiger partial charge >= 0.3 is 5.97 Å². The molecule has 1 saturated carbocycles. The Kier molecular flexibility index (Phi) is 5.25. The number of hydrogen-bond donors (Lipinski definition) is 3. The number of carboxylic acid groups (broad SMARTS) is 1. The number of hydrogen-bond acceptors (Lipinski definition) is 3. The van der Waals surface area contributed by atoms with Gasteiger partial charge in [-0.15, -0.1) is 0 Å². The van der Waals surface area contributed by atoms with Gasteiger partial charge in [0.05, 0.1) is 5.92 Å². The minimum atomic E-state index is -0.696. The Balaban J connectivity index is 2.21. The minimum Gasteiger partial charge on any atom is -0.481 e. The van der Waals surface area contributed by atoms with E-state index >= 15 is 0 Å². The fourth-order valence-electron chi connectivity index (χ4n) is 2.11. The molecule has 1 fully saturated rings. The molecule has 0 saturated heterocycles. The molecule has 0 aromatic carbocycles. The van der Waals surface area contributed by atoms with Gasteiger partial charge in [0.2, 0.25) is 5.91 Å². The summed E-state index contributed by atoms with van der Waals surface area (Å²) in [5.41, 5.74) is 0. The molecular weight excluding hydrogens is 208 g/mol. The first-order chi connectivity index (χ1) is 7.63. The van der Waals surface area contributed by atoms with Gasteiger partial charge in [0.1, 0.15) is 0 Å². The third-order valence-corrected chi connectivity index (χ3v) is 3.09. The zero-order chi connectivity index (χ0) is 12.0. The van der Waals surface area contributed by atoms with Crippen LogP contribution in [0.5, 0.6) is 0 Å². The van der Waals surface area contributed by atoms with E-state index in [0.29, 0.717) is 19.4 Å². The lowest BCUT2D eigenvalue weighted by molar-refractivity contribution is -0.143. The monoisotopic (exact) mass is 228 g/mol. The van der Waals surface area contributed by atoms with Crippen molar-refractivity contribution in [1.82, 2.24) is 10.6 Å². The molecular formula is C11H20N2O3. The summed E-state index contributed by atoms with van der Waals surface area (Å²) in [7, 11) is 1.61. The van der Waals surface area contributed by atoms with Gasteiger partial charge in [0.15, 0.2) is 0 Å². The second-order valence-corrected chi connectivity index (χ2v) is 4.28. The maximum atomic E-state index is 11.0. The topological polar surface area (TPSA) is 78.4 Å². The minimum absolute atomic E-state index is 0.0121. The Morgan fingerprint density at radius 3 is 2.75 bits per heavy atom. The first-order valence-corrected chi connectivity index (χ1v) is 5.80. The third-order valence-electron chi connectivity index (χ3n) is 3.09. The van der Waals surface area contributed by atoms with Crippen LogP contribution >= 0.6 is 0 Å². The zero-order valence-electron chi connectivity index (χ0n) is 9.66. The number of carbonyl (C=O) groups excluding carboxylic acids is 1. The summed E-state index contributed by atoms with van der Waals surface area (Å²) in [6.45, 7) is 0.622. The number of carboxylic acids is 1. The summed E-state index contributed by atoms with van der Waals surface area (Å²) in [5.74, 6) is -0.901. The number of carbonyl (C=O) groups is 2. The van der Waals surface area contributed by atoms with Gasteiger partial charge in [0.25, 0.3) is 0 Å². The second kappa shape index (κ2) is 6.48. The van der Waals surface area contributed by atoms with Crippen LogP contribution in [0.25, 0.3) is 0 Å². The van der Waals surface area contributed by atoms with Crippen molar-refractivity contribution < 1.29 is 14.7 Å². The molecule has 16 heavy (non-hydrogen) atoms. The Morgan fingerprint density at radius 1 is 1.38 bits per heavy atom. The summed E-state index contributed by atoms with van der Waals surface area (Å²) >= 11 is 0. The number of rotatable bonds is 5. The molecule has 2 unspecified atom stereocenters. The maximum absolute atomic E-state index is 11.0. The molecule has 2 atom stereocenters. The molecule has 3 N–H and O–H groups in total. The lowest BCUT2D eigenvalue weighted by Gasteiger charge is -2.27. The molecule has 0 spiro atoms. The van der Waals surface area contributed by atoms with E-state index in [4.69, 9.17) is 5.11 Å². The molecule has 0 aliphatic heterocycles. The third kappa shape index (κ3) is 4.18. The summed E-state index contributed by atoms with van der Waals surface area (Å²) in [6.07, 6.45) is 3.88.